The first-order valence-corrected chi connectivity index (χ1v) is 11.7. The van der Waals surface area contributed by atoms with Crippen LogP contribution >= 0.6 is 0 Å². The highest BCUT2D eigenvalue weighted by Gasteiger charge is 2.23. The molecule has 0 saturated heterocycles. The van der Waals surface area contributed by atoms with E-state index in [1.54, 1.807) is 0 Å². The van der Waals surface area contributed by atoms with Crippen molar-refractivity contribution in [2.45, 2.75) is 33.4 Å². The van der Waals surface area contributed by atoms with Gasteiger partial charge in [0.1, 0.15) is 18.2 Å². The summed E-state index contributed by atoms with van der Waals surface area (Å²) in [5.74, 6) is 1.69. The van der Waals surface area contributed by atoms with Gasteiger partial charge in [0.25, 0.3) is 0 Å². The van der Waals surface area contributed by atoms with E-state index in [2.05, 4.69) is 58.0 Å². The number of rotatable bonds is 4. The van der Waals surface area contributed by atoms with E-state index in [1.807, 2.05) is 37.3 Å². The average Bonchev–Trinajstić information content (AvgIpc) is 3.43. The first-order valence-electron chi connectivity index (χ1n) is 11.7. The number of imidazole rings is 1. The third-order valence-electron chi connectivity index (χ3n) is 6.54. The second-order valence-corrected chi connectivity index (χ2v) is 8.68. The van der Waals surface area contributed by atoms with Crippen molar-refractivity contribution in [3.05, 3.63) is 111 Å². The summed E-state index contributed by atoms with van der Waals surface area (Å²) in [6.45, 7) is 5.23. The van der Waals surface area contributed by atoms with Crippen LogP contribution in [0.2, 0.25) is 0 Å². The molecule has 0 radical (unpaired) electrons. The summed E-state index contributed by atoms with van der Waals surface area (Å²) in [7, 11) is 0. The Bertz CT molecular complexity index is 1650. The maximum atomic E-state index is 11.6. The van der Waals surface area contributed by atoms with Crippen LogP contribution in [-0.2, 0) is 19.6 Å². The molecule has 174 valence electrons. The fourth-order valence-electron chi connectivity index (χ4n) is 4.88. The normalized spacial score (nSPS) is 14.2. The van der Waals surface area contributed by atoms with Gasteiger partial charge >= 0.3 is 5.76 Å². The van der Waals surface area contributed by atoms with E-state index in [1.165, 1.54) is 5.56 Å². The lowest BCUT2D eigenvalue weighted by Gasteiger charge is -2.15. The Kier molecular flexibility index (Phi) is 5.10. The molecule has 35 heavy (non-hydrogen) atoms. The zero-order valence-corrected chi connectivity index (χ0v) is 19.5. The first-order chi connectivity index (χ1) is 17.1. The summed E-state index contributed by atoms with van der Waals surface area (Å²) in [6.07, 6.45) is 0.861. The minimum absolute atomic E-state index is 0.411. The molecule has 1 aliphatic heterocycles. The van der Waals surface area contributed by atoms with Crippen molar-refractivity contribution in [2.75, 3.05) is 0 Å². The molecule has 0 amide bonds. The molecule has 3 aromatic carbocycles. The van der Waals surface area contributed by atoms with Crippen molar-refractivity contribution < 1.29 is 9.26 Å². The molecule has 7 heteroatoms. The Balaban J connectivity index is 1.49. The van der Waals surface area contributed by atoms with Gasteiger partial charge in [0.15, 0.2) is 5.82 Å². The molecule has 0 aliphatic carbocycles. The van der Waals surface area contributed by atoms with Gasteiger partial charge in [0.05, 0.1) is 11.0 Å². The highest BCUT2D eigenvalue weighted by atomic mass is 16.5. The number of nitrogens with zero attached hydrogens (tertiary/aromatic N) is 3. The number of hydrogen-bond acceptors (Lipinski definition) is 5. The summed E-state index contributed by atoms with van der Waals surface area (Å²) >= 11 is 0. The fourth-order valence-corrected chi connectivity index (χ4v) is 4.88. The van der Waals surface area contributed by atoms with Crippen molar-refractivity contribution in [3.8, 4) is 5.75 Å². The van der Waals surface area contributed by atoms with Gasteiger partial charge < -0.3 is 9.30 Å². The van der Waals surface area contributed by atoms with Gasteiger partial charge in [-0.15, -0.1) is 0 Å². The van der Waals surface area contributed by atoms with Crippen LogP contribution in [0.5, 0.6) is 5.75 Å². The van der Waals surface area contributed by atoms with Gasteiger partial charge in [-0.25, -0.2) is 9.78 Å². The zero-order chi connectivity index (χ0) is 23.9. The fraction of sp³-hybridized carbons (Fsp3) is 0.179. The Morgan fingerprint density at radius 3 is 2.71 bits per heavy atom. The Morgan fingerprint density at radius 2 is 1.89 bits per heavy atom. The van der Waals surface area contributed by atoms with E-state index in [0.717, 1.165) is 63.4 Å². The third-order valence-corrected chi connectivity index (χ3v) is 6.54. The van der Waals surface area contributed by atoms with E-state index >= 15 is 0 Å². The van der Waals surface area contributed by atoms with Crippen LogP contribution in [0.15, 0.2) is 76.0 Å². The summed E-state index contributed by atoms with van der Waals surface area (Å²) < 4.78 is 13.3. The van der Waals surface area contributed by atoms with Crippen LogP contribution in [0.1, 0.15) is 47.8 Å². The van der Waals surface area contributed by atoms with Gasteiger partial charge in [0, 0.05) is 24.1 Å². The molecule has 0 fully saturated rings. The lowest BCUT2D eigenvalue weighted by molar-refractivity contribution is 0.307. The lowest BCUT2D eigenvalue weighted by Crippen LogP contribution is -2.06. The number of ether oxygens (including phenoxy) is 1. The number of para-hydroxylation sites is 3. The van der Waals surface area contributed by atoms with Crippen molar-refractivity contribution in [1.29, 1.82) is 0 Å². The summed E-state index contributed by atoms with van der Waals surface area (Å²) in [4.78, 5) is 19.1. The van der Waals surface area contributed by atoms with E-state index in [-0.39, 0.29) is 0 Å². The highest BCUT2D eigenvalue weighted by molar-refractivity contribution is 5.99. The van der Waals surface area contributed by atoms with Crippen LogP contribution in [0.4, 0.5) is 0 Å². The molecule has 0 atom stereocenters. The number of aromatic nitrogens is 4. The smallest absolute Gasteiger partial charge is 0.439 e. The van der Waals surface area contributed by atoms with Crippen molar-refractivity contribution >= 4 is 22.2 Å². The Morgan fingerprint density at radius 1 is 1.06 bits per heavy atom. The van der Waals surface area contributed by atoms with E-state index < -0.39 is 5.76 Å². The topological polar surface area (TPSA) is 85.9 Å². The summed E-state index contributed by atoms with van der Waals surface area (Å²) in [5, 5.41) is 3.93. The van der Waals surface area contributed by atoms with Crippen LogP contribution in [-0.4, -0.2) is 19.7 Å². The van der Waals surface area contributed by atoms with Crippen LogP contribution in [0.25, 0.3) is 22.2 Å². The summed E-state index contributed by atoms with van der Waals surface area (Å²) in [6, 6.07) is 22.7. The number of aromatic amines is 1. The molecule has 0 spiro atoms. The first kappa shape index (κ1) is 21.2. The standard InChI is InChI=1S/C28H24N4O3/c1-3-25-29-22-9-5-6-10-23(22)32(25)15-18-12-13-20-19(14-18)16-34-24-11-7-4-8-21(24)26(20)17(2)27-30-28(33)35-31-27/h4-14H,3,15-16H2,1-2H3,(H,30,31,33). The maximum Gasteiger partial charge on any atom is 0.439 e. The minimum atomic E-state index is -0.576. The van der Waals surface area contributed by atoms with Gasteiger partial charge in [-0.05, 0) is 53.5 Å². The predicted octanol–water partition coefficient (Wildman–Crippen LogP) is 5.19. The second kappa shape index (κ2) is 8.43. The largest absolute Gasteiger partial charge is 0.488 e. The predicted molar refractivity (Wildman–Crippen MR) is 134 cm³/mol. The average molecular weight is 465 g/mol. The number of nitrogens with one attached hydrogen (secondary N) is 1. The second-order valence-electron chi connectivity index (χ2n) is 8.68. The number of H-pyrrole nitrogens is 1. The van der Waals surface area contributed by atoms with Crippen molar-refractivity contribution in [2.24, 2.45) is 0 Å². The number of hydrogen-bond donors (Lipinski definition) is 1. The highest BCUT2D eigenvalue weighted by Crippen LogP contribution is 2.40. The quantitative estimate of drug-likeness (QED) is 0.395. The zero-order valence-electron chi connectivity index (χ0n) is 19.5. The molecule has 3 heterocycles. The molecule has 6 rings (SSSR count). The van der Waals surface area contributed by atoms with Crippen LogP contribution in [0, 0.1) is 0 Å². The van der Waals surface area contributed by atoms with E-state index in [9.17, 15) is 4.79 Å². The van der Waals surface area contributed by atoms with Gasteiger partial charge in [0.2, 0.25) is 0 Å². The Hall–Kier alpha value is -4.39. The maximum absolute atomic E-state index is 11.6. The van der Waals surface area contributed by atoms with Gasteiger partial charge in [-0.1, -0.05) is 54.5 Å². The molecular weight excluding hydrogens is 440 g/mol. The van der Waals surface area contributed by atoms with Gasteiger partial charge in [-0.2, -0.15) is 0 Å². The molecule has 7 nitrogen and oxygen atoms in total. The van der Waals surface area contributed by atoms with Gasteiger partial charge in [-0.3, -0.25) is 9.51 Å². The molecule has 1 aliphatic rings. The van der Waals surface area contributed by atoms with Crippen LogP contribution in [0.3, 0.4) is 0 Å². The molecule has 0 bridgehead atoms. The van der Waals surface area contributed by atoms with Crippen molar-refractivity contribution in [1.82, 2.24) is 19.7 Å². The molecular formula is C28H24N4O3. The number of allylic oxidation sites excluding steroid dienone is 1. The molecule has 5 aromatic rings. The van der Waals surface area contributed by atoms with Crippen molar-refractivity contribution in [3.63, 3.8) is 0 Å². The molecule has 1 N–H and O–H groups in total. The minimum Gasteiger partial charge on any atom is -0.488 e. The number of fused-ring (bicyclic) bond motifs is 3. The number of benzene rings is 3. The van der Waals surface area contributed by atoms with Crippen LogP contribution < -0.4 is 10.5 Å². The summed E-state index contributed by atoms with van der Waals surface area (Å²) in [5.41, 5.74) is 8.17. The monoisotopic (exact) mass is 464 g/mol. The molecule has 0 unspecified atom stereocenters. The molecule has 0 saturated carbocycles. The van der Waals surface area contributed by atoms with E-state index in [4.69, 9.17) is 14.2 Å². The SMILES string of the molecule is CCc1nc2ccccc2n1Cc1ccc2c(c1)COc1ccccc1C2=C(C)c1noc(=O)[nH]1. The lowest BCUT2D eigenvalue weighted by atomic mass is 9.89. The number of aryl methyl sites for hydroxylation is 1. The molecule has 2 aromatic heterocycles. The third kappa shape index (κ3) is 3.65. The van der Waals surface area contributed by atoms with E-state index in [0.29, 0.717) is 12.4 Å². The Labute approximate surface area is 201 Å².